The Kier molecular flexibility index (Phi) is 5.91. The van der Waals surface area contributed by atoms with E-state index in [0.717, 1.165) is 5.56 Å². The number of anilines is 3. The molecule has 3 rings (SSSR count). The minimum Gasteiger partial charge on any atom is -0.465 e. The number of aromatic nitrogens is 1. The molecule has 2 N–H and O–H groups in total. The number of rotatable bonds is 5. The molecule has 28 heavy (non-hydrogen) atoms. The molecule has 0 spiro atoms. The number of hydrogen-bond acceptors (Lipinski definition) is 5. The summed E-state index contributed by atoms with van der Waals surface area (Å²) < 4.78 is 4.73. The highest BCUT2D eigenvalue weighted by Crippen LogP contribution is 2.22. The Bertz CT molecular complexity index is 1040. The number of benzene rings is 2. The minimum absolute atomic E-state index is 0.241. The lowest BCUT2D eigenvalue weighted by atomic mass is 10.2. The molecule has 0 saturated carbocycles. The SMILES string of the molecule is COC(=O)c1cccc(Nc2ccnc(C(=O)Nc3ccc(C)c(Cl)c3)c2)c1. The Hall–Kier alpha value is -3.38. The normalized spacial score (nSPS) is 10.2. The fourth-order valence-corrected chi connectivity index (χ4v) is 2.69. The minimum atomic E-state index is -0.421. The van der Waals surface area contributed by atoms with Gasteiger partial charge < -0.3 is 15.4 Å². The zero-order chi connectivity index (χ0) is 20.1. The molecule has 0 aliphatic heterocycles. The van der Waals surface area contributed by atoms with Crippen LogP contribution in [0.2, 0.25) is 5.02 Å². The number of esters is 1. The molecular formula is C21H18ClN3O3. The lowest BCUT2D eigenvalue weighted by molar-refractivity contribution is 0.0600. The molecule has 2 aromatic carbocycles. The molecule has 0 unspecified atom stereocenters. The van der Waals surface area contributed by atoms with Crippen molar-refractivity contribution >= 4 is 40.5 Å². The van der Waals surface area contributed by atoms with Crippen molar-refractivity contribution < 1.29 is 14.3 Å². The second kappa shape index (κ2) is 8.54. The smallest absolute Gasteiger partial charge is 0.337 e. The van der Waals surface area contributed by atoms with Crippen molar-refractivity contribution in [1.29, 1.82) is 0 Å². The summed E-state index contributed by atoms with van der Waals surface area (Å²) in [6.45, 7) is 1.89. The summed E-state index contributed by atoms with van der Waals surface area (Å²) in [6, 6.07) is 15.5. The van der Waals surface area contributed by atoms with Crippen LogP contribution in [0.1, 0.15) is 26.4 Å². The number of pyridine rings is 1. The van der Waals surface area contributed by atoms with Crippen molar-refractivity contribution in [2.45, 2.75) is 6.92 Å². The van der Waals surface area contributed by atoms with E-state index in [-0.39, 0.29) is 11.6 Å². The fraction of sp³-hybridized carbons (Fsp3) is 0.0952. The molecule has 1 aromatic heterocycles. The molecule has 0 fully saturated rings. The van der Waals surface area contributed by atoms with Crippen LogP contribution < -0.4 is 10.6 Å². The first kappa shape index (κ1) is 19.4. The van der Waals surface area contributed by atoms with Gasteiger partial charge in [-0.25, -0.2) is 4.79 Å². The summed E-state index contributed by atoms with van der Waals surface area (Å²) in [5.74, 6) is -0.776. The average molecular weight is 396 g/mol. The van der Waals surface area contributed by atoms with Gasteiger partial charge >= 0.3 is 5.97 Å². The maximum absolute atomic E-state index is 12.5. The molecule has 0 radical (unpaired) electrons. The number of hydrogen-bond donors (Lipinski definition) is 2. The predicted molar refractivity (Wildman–Crippen MR) is 109 cm³/mol. The number of aryl methyl sites for hydroxylation is 1. The first-order chi connectivity index (χ1) is 13.5. The van der Waals surface area contributed by atoms with E-state index in [0.29, 0.717) is 27.6 Å². The molecule has 142 valence electrons. The van der Waals surface area contributed by atoms with Crippen LogP contribution in [0.5, 0.6) is 0 Å². The number of amides is 1. The second-order valence-electron chi connectivity index (χ2n) is 6.05. The molecular weight excluding hydrogens is 378 g/mol. The van der Waals surface area contributed by atoms with E-state index < -0.39 is 5.97 Å². The van der Waals surface area contributed by atoms with Crippen LogP contribution in [0.4, 0.5) is 17.1 Å². The van der Waals surface area contributed by atoms with Crippen molar-refractivity contribution in [3.05, 3.63) is 82.6 Å². The number of nitrogens with zero attached hydrogens (tertiary/aromatic N) is 1. The van der Waals surface area contributed by atoms with Gasteiger partial charge in [0.2, 0.25) is 0 Å². The monoisotopic (exact) mass is 395 g/mol. The lowest BCUT2D eigenvalue weighted by Crippen LogP contribution is -2.13. The molecule has 0 aliphatic carbocycles. The van der Waals surface area contributed by atoms with E-state index in [1.165, 1.54) is 13.3 Å². The number of halogens is 1. The Labute approximate surface area is 167 Å². The van der Waals surface area contributed by atoms with E-state index in [9.17, 15) is 9.59 Å². The standard InChI is InChI=1S/C21H18ClN3O3/c1-13-6-7-16(11-18(13)22)25-20(26)19-12-17(8-9-23-19)24-15-5-3-4-14(10-15)21(27)28-2/h3-12H,1-2H3,(H,23,24)(H,25,26). The number of ether oxygens (including phenoxy) is 1. The maximum atomic E-state index is 12.5. The summed E-state index contributed by atoms with van der Waals surface area (Å²) in [7, 11) is 1.33. The summed E-state index contributed by atoms with van der Waals surface area (Å²) in [5, 5.41) is 6.50. The Morgan fingerprint density at radius 3 is 2.54 bits per heavy atom. The second-order valence-corrected chi connectivity index (χ2v) is 6.45. The first-order valence-corrected chi connectivity index (χ1v) is 8.83. The number of methoxy groups -OCH3 is 1. The molecule has 7 heteroatoms. The zero-order valence-electron chi connectivity index (χ0n) is 15.3. The van der Waals surface area contributed by atoms with Gasteiger partial charge in [-0.1, -0.05) is 23.7 Å². The topological polar surface area (TPSA) is 80.3 Å². The number of carbonyl (C=O) groups is 2. The summed E-state index contributed by atoms with van der Waals surface area (Å²) in [5.41, 5.74) is 3.53. The van der Waals surface area contributed by atoms with Gasteiger partial charge in [-0.05, 0) is 55.0 Å². The van der Waals surface area contributed by atoms with Gasteiger partial charge in [-0.2, -0.15) is 0 Å². The summed E-state index contributed by atoms with van der Waals surface area (Å²) in [6.07, 6.45) is 1.53. The maximum Gasteiger partial charge on any atom is 0.337 e. The van der Waals surface area contributed by atoms with Gasteiger partial charge in [-0.15, -0.1) is 0 Å². The molecule has 0 aliphatic rings. The Morgan fingerprint density at radius 2 is 1.79 bits per heavy atom. The molecule has 6 nitrogen and oxygen atoms in total. The van der Waals surface area contributed by atoms with Crippen LogP contribution in [-0.2, 0) is 4.74 Å². The van der Waals surface area contributed by atoms with Crippen molar-refractivity contribution in [2.24, 2.45) is 0 Å². The van der Waals surface area contributed by atoms with Crippen LogP contribution in [0, 0.1) is 6.92 Å². The highest BCUT2D eigenvalue weighted by atomic mass is 35.5. The van der Waals surface area contributed by atoms with Crippen molar-refractivity contribution in [2.75, 3.05) is 17.7 Å². The van der Waals surface area contributed by atoms with Gasteiger partial charge in [0.15, 0.2) is 0 Å². The lowest BCUT2D eigenvalue weighted by Gasteiger charge is -2.10. The van der Waals surface area contributed by atoms with Crippen LogP contribution in [-0.4, -0.2) is 24.0 Å². The van der Waals surface area contributed by atoms with Gasteiger partial charge in [-0.3, -0.25) is 9.78 Å². The molecule has 0 saturated heterocycles. The Balaban J connectivity index is 1.75. The molecule has 0 bridgehead atoms. The van der Waals surface area contributed by atoms with Gasteiger partial charge in [0.25, 0.3) is 5.91 Å². The van der Waals surface area contributed by atoms with Gasteiger partial charge in [0, 0.05) is 28.3 Å². The van der Waals surface area contributed by atoms with Crippen molar-refractivity contribution in [3.63, 3.8) is 0 Å². The summed E-state index contributed by atoms with van der Waals surface area (Å²) in [4.78, 5) is 28.3. The van der Waals surface area contributed by atoms with Crippen LogP contribution in [0.15, 0.2) is 60.8 Å². The average Bonchev–Trinajstić information content (AvgIpc) is 2.70. The Morgan fingerprint density at radius 1 is 1.00 bits per heavy atom. The first-order valence-electron chi connectivity index (χ1n) is 8.45. The molecule has 0 atom stereocenters. The van der Waals surface area contributed by atoms with Crippen LogP contribution >= 0.6 is 11.6 Å². The summed E-state index contributed by atoms with van der Waals surface area (Å²) >= 11 is 6.09. The van der Waals surface area contributed by atoms with Crippen LogP contribution in [0.3, 0.4) is 0 Å². The van der Waals surface area contributed by atoms with Gasteiger partial charge in [0.1, 0.15) is 5.69 Å². The third-order valence-electron chi connectivity index (χ3n) is 3.99. The van der Waals surface area contributed by atoms with Crippen LogP contribution in [0.25, 0.3) is 0 Å². The van der Waals surface area contributed by atoms with E-state index in [1.807, 2.05) is 13.0 Å². The molecule has 1 amide bonds. The van der Waals surface area contributed by atoms with E-state index in [1.54, 1.807) is 48.5 Å². The highest BCUT2D eigenvalue weighted by molar-refractivity contribution is 6.31. The van der Waals surface area contributed by atoms with Gasteiger partial charge in [0.05, 0.1) is 12.7 Å². The predicted octanol–water partition coefficient (Wildman–Crippen LogP) is 4.83. The number of carbonyl (C=O) groups excluding carboxylic acids is 2. The van der Waals surface area contributed by atoms with Crippen molar-refractivity contribution in [1.82, 2.24) is 4.98 Å². The number of nitrogens with one attached hydrogen (secondary N) is 2. The van der Waals surface area contributed by atoms with E-state index in [2.05, 4.69) is 15.6 Å². The van der Waals surface area contributed by atoms with E-state index >= 15 is 0 Å². The molecule has 1 heterocycles. The highest BCUT2D eigenvalue weighted by Gasteiger charge is 2.10. The molecule has 3 aromatic rings. The third-order valence-corrected chi connectivity index (χ3v) is 4.40. The van der Waals surface area contributed by atoms with E-state index in [4.69, 9.17) is 16.3 Å². The largest absolute Gasteiger partial charge is 0.465 e. The fourth-order valence-electron chi connectivity index (χ4n) is 2.51. The zero-order valence-corrected chi connectivity index (χ0v) is 16.1. The third kappa shape index (κ3) is 4.66. The van der Waals surface area contributed by atoms with Crippen molar-refractivity contribution in [3.8, 4) is 0 Å². The quantitative estimate of drug-likeness (QED) is 0.605.